The number of phosphoric acid groups is 1. The Kier molecular flexibility index (Phi) is 35.8. The van der Waals surface area contributed by atoms with E-state index < -0.39 is 63.1 Å². The van der Waals surface area contributed by atoms with Crippen molar-refractivity contribution in [2.75, 3.05) is 19.8 Å². The van der Waals surface area contributed by atoms with Gasteiger partial charge in [-0.3, -0.25) is 13.8 Å². The van der Waals surface area contributed by atoms with Crippen LogP contribution in [0.25, 0.3) is 0 Å². The van der Waals surface area contributed by atoms with E-state index in [0.29, 0.717) is 13.0 Å². The molecule has 0 saturated heterocycles. The molecule has 350 valence electrons. The van der Waals surface area contributed by atoms with Crippen LogP contribution >= 0.6 is 7.82 Å². The second-order valence-corrected chi connectivity index (χ2v) is 18.4. The number of aliphatic hydroxyl groups is 5. The number of unbranched alkanes of at least 4 members (excludes halogenated alkanes) is 27. The van der Waals surface area contributed by atoms with Crippen molar-refractivity contribution in [3.8, 4) is 0 Å². The molecule has 1 aliphatic rings. The van der Waals surface area contributed by atoms with E-state index in [4.69, 9.17) is 18.5 Å². The van der Waals surface area contributed by atoms with Crippen LogP contribution in [-0.4, -0.2) is 98.9 Å². The maximum Gasteiger partial charge on any atom is 0.472 e. The summed E-state index contributed by atoms with van der Waals surface area (Å²) in [7, 11) is -5.01. The average Bonchev–Trinajstić information content (AvgIpc) is 3.22. The summed E-state index contributed by atoms with van der Waals surface area (Å²) in [4.78, 5) is 23.0. The zero-order valence-corrected chi connectivity index (χ0v) is 38.2. The molecular formula is C46H89O12P. The lowest BCUT2D eigenvalue weighted by atomic mass is 9.85. The molecule has 0 aliphatic heterocycles. The van der Waals surface area contributed by atoms with Crippen molar-refractivity contribution in [3.05, 3.63) is 12.2 Å². The van der Waals surface area contributed by atoms with Crippen LogP contribution in [0.3, 0.4) is 0 Å². The van der Waals surface area contributed by atoms with Gasteiger partial charge in [-0.25, -0.2) is 4.57 Å². The first-order valence-electron chi connectivity index (χ1n) is 24.0. The summed E-state index contributed by atoms with van der Waals surface area (Å²) in [5.41, 5.74) is 0. The summed E-state index contributed by atoms with van der Waals surface area (Å²) in [6, 6.07) is 0. The minimum Gasteiger partial charge on any atom is -0.457 e. The van der Waals surface area contributed by atoms with Crippen LogP contribution in [0.2, 0.25) is 0 Å². The minimum atomic E-state index is -5.01. The molecule has 6 unspecified atom stereocenters. The Morgan fingerprint density at radius 2 is 0.898 bits per heavy atom. The van der Waals surface area contributed by atoms with Crippen molar-refractivity contribution < 1.29 is 58.3 Å². The van der Waals surface area contributed by atoms with Crippen molar-refractivity contribution in [3.63, 3.8) is 0 Å². The molecule has 0 amide bonds. The third kappa shape index (κ3) is 29.9. The van der Waals surface area contributed by atoms with E-state index in [-0.39, 0.29) is 13.0 Å². The monoisotopic (exact) mass is 865 g/mol. The van der Waals surface area contributed by atoms with Crippen LogP contribution in [-0.2, 0) is 27.9 Å². The molecule has 1 rings (SSSR count). The van der Waals surface area contributed by atoms with Gasteiger partial charge in [-0.05, 0) is 38.5 Å². The highest BCUT2D eigenvalue weighted by atomic mass is 31.2. The molecule has 6 atom stereocenters. The fourth-order valence-corrected chi connectivity index (χ4v) is 8.50. The fraction of sp³-hybridized carbons (Fsp3) is 0.935. The largest absolute Gasteiger partial charge is 0.472 e. The van der Waals surface area contributed by atoms with Crippen LogP contribution in [0.5, 0.6) is 0 Å². The highest BCUT2D eigenvalue weighted by Gasteiger charge is 2.51. The van der Waals surface area contributed by atoms with Crippen LogP contribution in [0, 0.1) is 0 Å². The van der Waals surface area contributed by atoms with Gasteiger partial charge < -0.3 is 39.9 Å². The first-order chi connectivity index (χ1) is 28.5. The first kappa shape index (κ1) is 56.1. The lowest BCUT2D eigenvalue weighted by Crippen LogP contribution is -2.64. The van der Waals surface area contributed by atoms with E-state index in [1.807, 2.05) is 0 Å². The van der Waals surface area contributed by atoms with E-state index in [9.17, 15) is 39.8 Å². The maximum atomic E-state index is 12.8. The summed E-state index contributed by atoms with van der Waals surface area (Å²) < 4.78 is 34.1. The second kappa shape index (κ2) is 37.6. The molecule has 59 heavy (non-hydrogen) atoms. The molecule has 0 aromatic rings. The van der Waals surface area contributed by atoms with E-state index >= 15 is 0 Å². The predicted octanol–water partition coefficient (Wildman–Crippen LogP) is 9.92. The Balaban J connectivity index is 2.24. The molecule has 13 heteroatoms. The van der Waals surface area contributed by atoms with Crippen molar-refractivity contribution >= 4 is 13.8 Å². The van der Waals surface area contributed by atoms with Crippen molar-refractivity contribution in [1.29, 1.82) is 0 Å². The molecule has 1 saturated carbocycles. The number of esters is 1. The van der Waals surface area contributed by atoms with Crippen LogP contribution in [0.1, 0.15) is 213 Å². The average molecular weight is 865 g/mol. The SMILES string of the molecule is CCCCCCCCCC/C=C\CCCCCCCCCCCCCCOCC(COP(=O)(O)OC1C(O)C(O)C(O)C(O)C1O)OC(=O)CCCCCCCCCC. The molecule has 1 aliphatic carbocycles. The smallest absolute Gasteiger partial charge is 0.457 e. The number of carbonyl (C=O) groups is 1. The quantitative estimate of drug-likeness (QED) is 0.0148. The number of carbonyl (C=O) groups excluding carboxylic acids is 1. The Bertz CT molecular complexity index is 1030. The molecule has 6 N–H and O–H groups in total. The number of allylic oxidation sites excluding steroid dienone is 2. The normalized spacial score (nSPS) is 22.5. The molecule has 0 aromatic heterocycles. The molecule has 0 aromatic carbocycles. The Morgan fingerprint density at radius 3 is 1.34 bits per heavy atom. The second-order valence-electron chi connectivity index (χ2n) is 17.0. The third-order valence-corrected chi connectivity index (χ3v) is 12.4. The van der Waals surface area contributed by atoms with Gasteiger partial charge in [0.1, 0.15) is 42.7 Å². The topological polar surface area (TPSA) is 192 Å². The first-order valence-corrected chi connectivity index (χ1v) is 25.5. The van der Waals surface area contributed by atoms with Gasteiger partial charge in [-0.15, -0.1) is 0 Å². The van der Waals surface area contributed by atoms with E-state index in [0.717, 1.165) is 38.5 Å². The molecule has 0 bridgehead atoms. The molecule has 1 fully saturated rings. The highest BCUT2D eigenvalue weighted by Crippen LogP contribution is 2.47. The number of hydrogen-bond donors (Lipinski definition) is 6. The molecule has 0 spiro atoms. The van der Waals surface area contributed by atoms with E-state index in [1.54, 1.807) is 0 Å². The van der Waals surface area contributed by atoms with Crippen molar-refractivity contribution in [2.24, 2.45) is 0 Å². The van der Waals surface area contributed by atoms with Gasteiger partial charge in [0.15, 0.2) is 0 Å². The van der Waals surface area contributed by atoms with Gasteiger partial charge in [0, 0.05) is 13.0 Å². The van der Waals surface area contributed by atoms with Crippen LogP contribution in [0.4, 0.5) is 0 Å². The van der Waals surface area contributed by atoms with Gasteiger partial charge in [-0.2, -0.15) is 0 Å². The molecule has 0 heterocycles. The Labute approximate surface area is 358 Å². The standard InChI is InChI=1S/C46H89O12P/c1-3-5-7-9-11-13-14-15-16-17-18-19-20-21-22-23-24-25-26-27-28-30-32-34-36-55-37-39(57-40(47)35-33-31-29-12-10-8-6-4-2)38-56-59(53,54)58-46-44(51)42(49)41(48)43(50)45(46)52/h17-18,39,41-46,48-52H,3-16,19-38H2,1-2H3,(H,53,54)/b18-17-. The number of phosphoric ester groups is 1. The number of aliphatic hydroxyl groups excluding tert-OH is 5. The summed E-state index contributed by atoms with van der Waals surface area (Å²) in [6.07, 6.45) is 28.9. The van der Waals surface area contributed by atoms with Gasteiger partial charge in [0.2, 0.25) is 0 Å². The van der Waals surface area contributed by atoms with Gasteiger partial charge in [0.05, 0.1) is 13.2 Å². The number of hydrogen-bond acceptors (Lipinski definition) is 11. The van der Waals surface area contributed by atoms with E-state index in [1.165, 1.54) is 148 Å². The maximum absolute atomic E-state index is 12.8. The van der Waals surface area contributed by atoms with Gasteiger partial charge in [-0.1, -0.05) is 180 Å². The Hall–Kier alpha value is -0.920. The number of ether oxygens (including phenoxy) is 2. The zero-order chi connectivity index (χ0) is 43.4. The molecule has 0 radical (unpaired) electrons. The third-order valence-electron chi connectivity index (χ3n) is 11.4. The Morgan fingerprint density at radius 1 is 0.525 bits per heavy atom. The van der Waals surface area contributed by atoms with E-state index in [2.05, 4.69) is 26.0 Å². The summed E-state index contributed by atoms with van der Waals surface area (Å²) in [5.74, 6) is -0.479. The zero-order valence-electron chi connectivity index (χ0n) is 37.3. The van der Waals surface area contributed by atoms with Crippen LogP contribution < -0.4 is 0 Å². The van der Waals surface area contributed by atoms with Gasteiger partial charge >= 0.3 is 13.8 Å². The van der Waals surface area contributed by atoms with Crippen molar-refractivity contribution in [2.45, 2.75) is 256 Å². The summed E-state index contributed by atoms with van der Waals surface area (Å²) >= 11 is 0. The predicted molar refractivity (Wildman–Crippen MR) is 235 cm³/mol. The summed E-state index contributed by atoms with van der Waals surface area (Å²) in [6.45, 7) is 4.23. The lowest BCUT2D eigenvalue weighted by Gasteiger charge is -2.41. The lowest BCUT2D eigenvalue weighted by molar-refractivity contribution is -0.220. The molecular weight excluding hydrogens is 775 g/mol. The summed E-state index contributed by atoms with van der Waals surface area (Å²) in [5, 5.41) is 50.1. The fourth-order valence-electron chi connectivity index (χ4n) is 7.53. The highest BCUT2D eigenvalue weighted by molar-refractivity contribution is 7.47. The minimum absolute atomic E-state index is 0.0719. The number of rotatable bonds is 41. The van der Waals surface area contributed by atoms with Crippen molar-refractivity contribution in [1.82, 2.24) is 0 Å². The van der Waals surface area contributed by atoms with Crippen LogP contribution in [0.15, 0.2) is 12.2 Å². The molecule has 12 nitrogen and oxygen atoms in total. The van der Waals surface area contributed by atoms with Gasteiger partial charge in [0.25, 0.3) is 0 Å².